The Morgan fingerprint density at radius 2 is 1.78 bits per heavy atom. The molecule has 0 bridgehead atoms. The molecule has 0 spiro atoms. The lowest BCUT2D eigenvalue weighted by Gasteiger charge is -2.19. The minimum atomic E-state index is -0.593. The molecule has 0 heterocycles. The van der Waals surface area contributed by atoms with Gasteiger partial charge in [-0.1, -0.05) is 42.5 Å². The zero-order valence-electron chi connectivity index (χ0n) is 13.3. The lowest BCUT2D eigenvalue weighted by atomic mass is 10.0. The molecule has 0 aromatic heterocycles. The van der Waals surface area contributed by atoms with Crippen molar-refractivity contribution in [1.29, 1.82) is 0 Å². The van der Waals surface area contributed by atoms with E-state index >= 15 is 0 Å². The number of rotatable bonds is 6. The fourth-order valence-electron chi connectivity index (χ4n) is 2.34. The molecule has 0 fully saturated rings. The van der Waals surface area contributed by atoms with Crippen LogP contribution in [0.25, 0.3) is 0 Å². The van der Waals surface area contributed by atoms with Gasteiger partial charge >= 0.3 is 6.03 Å². The zero-order chi connectivity index (χ0) is 16.7. The van der Waals surface area contributed by atoms with E-state index in [1.54, 1.807) is 11.8 Å². The molecule has 0 aliphatic heterocycles. The van der Waals surface area contributed by atoms with E-state index in [-0.39, 0.29) is 12.1 Å². The smallest absolute Gasteiger partial charge is 0.319 e. The van der Waals surface area contributed by atoms with Crippen molar-refractivity contribution in [3.63, 3.8) is 0 Å². The van der Waals surface area contributed by atoms with E-state index in [4.69, 9.17) is 0 Å². The molecular weight excluding hydrogens is 308 g/mol. The first kappa shape index (κ1) is 17.4. The third-order valence-electron chi connectivity index (χ3n) is 3.49. The number of anilines is 1. The number of aliphatic hydroxyl groups is 1. The first-order valence-electron chi connectivity index (χ1n) is 7.53. The van der Waals surface area contributed by atoms with Gasteiger partial charge in [-0.3, -0.25) is 0 Å². The van der Waals surface area contributed by atoms with Gasteiger partial charge in [0.2, 0.25) is 0 Å². The molecule has 23 heavy (non-hydrogen) atoms. The van der Waals surface area contributed by atoms with Gasteiger partial charge in [-0.05, 0) is 37.3 Å². The van der Waals surface area contributed by atoms with Crippen molar-refractivity contribution >= 4 is 23.5 Å². The quantitative estimate of drug-likeness (QED) is 0.701. The van der Waals surface area contributed by atoms with Crippen molar-refractivity contribution in [2.24, 2.45) is 0 Å². The number of carbonyl (C=O) groups is 1. The summed E-state index contributed by atoms with van der Waals surface area (Å²) >= 11 is 1.58. The highest BCUT2D eigenvalue weighted by Crippen LogP contribution is 2.24. The Balaban J connectivity index is 1.87. The summed E-state index contributed by atoms with van der Waals surface area (Å²) in [6.07, 6.45) is 1.84. The number of para-hydroxylation sites is 1. The van der Waals surface area contributed by atoms with Gasteiger partial charge in [0.1, 0.15) is 0 Å². The molecule has 0 aliphatic rings. The number of benzene rings is 2. The number of thioether (sulfide) groups is 1. The van der Waals surface area contributed by atoms with E-state index in [1.807, 2.05) is 67.8 Å². The van der Waals surface area contributed by atoms with E-state index < -0.39 is 6.10 Å². The van der Waals surface area contributed by atoms with E-state index in [0.29, 0.717) is 6.42 Å². The van der Waals surface area contributed by atoms with E-state index in [0.717, 1.165) is 16.1 Å². The first-order valence-corrected chi connectivity index (χ1v) is 8.76. The largest absolute Gasteiger partial charge is 0.388 e. The molecule has 0 aliphatic carbocycles. The first-order chi connectivity index (χ1) is 11.1. The van der Waals surface area contributed by atoms with Gasteiger partial charge < -0.3 is 15.7 Å². The van der Waals surface area contributed by atoms with E-state index in [9.17, 15) is 9.90 Å². The predicted molar refractivity (Wildman–Crippen MR) is 95.9 cm³/mol. The minimum absolute atomic E-state index is 0.147. The Hall–Kier alpha value is -1.98. The van der Waals surface area contributed by atoms with Gasteiger partial charge in [0, 0.05) is 10.9 Å². The van der Waals surface area contributed by atoms with Crippen LogP contribution in [-0.2, 0) is 0 Å². The fraction of sp³-hybridized carbons (Fsp3) is 0.278. The third kappa shape index (κ3) is 5.30. The van der Waals surface area contributed by atoms with Gasteiger partial charge in [-0.25, -0.2) is 4.79 Å². The molecule has 4 nitrogen and oxygen atoms in total. The molecule has 0 saturated carbocycles. The highest BCUT2D eigenvalue weighted by atomic mass is 32.2. The molecule has 5 heteroatoms. The van der Waals surface area contributed by atoms with Crippen LogP contribution in [0, 0.1) is 0 Å². The van der Waals surface area contributed by atoms with Crippen LogP contribution in [0.3, 0.4) is 0 Å². The average molecular weight is 330 g/mol. The molecule has 2 amide bonds. The Labute approximate surface area is 141 Å². The maximum absolute atomic E-state index is 12.1. The number of amides is 2. The van der Waals surface area contributed by atoms with Gasteiger partial charge in [0.25, 0.3) is 0 Å². The van der Waals surface area contributed by atoms with Gasteiger partial charge in [0.05, 0.1) is 11.8 Å². The fourth-order valence-corrected chi connectivity index (χ4v) is 2.89. The van der Waals surface area contributed by atoms with Crippen molar-refractivity contribution in [3.05, 3.63) is 60.2 Å². The zero-order valence-corrected chi connectivity index (χ0v) is 14.1. The summed E-state index contributed by atoms with van der Waals surface area (Å²) in [5, 5.41) is 15.9. The van der Waals surface area contributed by atoms with Gasteiger partial charge in [0.15, 0.2) is 0 Å². The summed E-state index contributed by atoms with van der Waals surface area (Å²) in [7, 11) is 0. The molecule has 2 rings (SSSR count). The summed E-state index contributed by atoms with van der Waals surface area (Å²) in [6.45, 7) is 1.88. The summed E-state index contributed by atoms with van der Waals surface area (Å²) in [5.74, 6) is 0. The molecule has 3 N–H and O–H groups in total. The number of hydrogen-bond acceptors (Lipinski definition) is 3. The van der Waals surface area contributed by atoms with Crippen LogP contribution in [0.15, 0.2) is 59.5 Å². The Morgan fingerprint density at radius 1 is 1.13 bits per heavy atom. The van der Waals surface area contributed by atoms with Crippen LogP contribution >= 0.6 is 11.8 Å². The Morgan fingerprint density at radius 3 is 2.48 bits per heavy atom. The van der Waals surface area contributed by atoms with Gasteiger partial charge in [-0.2, -0.15) is 0 Å². The molecule has 0 saturated heterocycles. The van der Waals surface area contributed by atoms with Crippen LogP contribution in [0.2, 0.25) is 0 Å². The summed E-state index contributed by atoms with van der Waals surface area (Å²) < 4.78 is 0. The number of nitrogens with one attached hydrogen (secondary N) is 2. The highest BCUT2D eigenvalue weighted by Gasteiger charge is 2.14. The lowest BCUT2D eigenvalue weighted by molar-refractivity contribution is 0.155. The van der Waals surface area contributed by atoms with E-state index in [2.05, 4.69) is 10.6 Å². The van der Waals surface area contributed by atoms with Crippen LogP contribution in [-0.4, -0.2) is 23.4 Å². The number of aliphatic hydroxyl groups excluding tert-OH is 1. The van der Waals surface area contributed by atoms with Gasteiger partial charge in [-0.15, -0.1) is 11.8 Å². The monoisotopic (exact) mass is 330 g/mol. The Kier molecular flexibility index (Phi) is 6.50. The number of hydrogen-bond donors (Lipinski definition) is 3. The maximum Gasteiger partial charge on any atom is 0.319 e. The second kappa shape index (κ2) is 8.60. The topological polar surface area (TPSA) is 61.4 Å². The Bertz CT molecular complexity index is 634. The summed E-state index contributed by atoms with van der Waals surface area (Å²) in [6, 6.07) is 16.7. The normalized spacial score (nSPS) is 13.2. The minimum Gasteiger partial charge on any atom is -0.388 e. The molecule has 2 unspecified atom stereocenters. The van der Waals surface area contributed by atoms with Crippen molar-refractivity contribution in [2.45, 2.75) is 30.4 Å². The molecule has 2 aromatic rings. The average Bonchev–Trinajstić information content (AvgIpc) is 2.55. The van der Waals surface area contributed by atoms with Crippen molar-refractivity contribution in [1.82, 2.24) is 5.32 Å². The molecule has 0 radical (unpaired) electrons. The number of urea groups is 1. The molecular formula is C18H22N2O2S. The lowest BCUT2D eigenvalue weighted by Crippen LogP contribution is -2.37. The van der Waals surface area contributed by atoms with Crippen LogP contribution in [0.5, 0.6) is 0 Å². The van der Waals surface area contributed by atoms with Crippen molar-refractivity contribution in [2.75, 3.05) is 11.6 Å². The standard InChI is InChI=1S/C18H22N2O2S/c1-13(12-16(21)14-8-4-3-5-9-14)19-18(22)20-15-10-6-7-11-17(15)23-2/h3-11,13,16,21H,12H2,1-2H3,(H2,19,20,22). The van der Waals surface area contributed by atoms with Crippen LogP contribution in [0.4, 0.5) is 10.5 Å². The van der Waals surface area contributed by atoms with E-state index in [1.165, 1.54) is 0 Å². The number of carbonyl (C=O) groups excluding carboxylic acids is 1. The van der Waals surface area contributed by atoms with Crippen molar-refractivity contribution < 1.29 is 9.90 Å². The van der Waals surface area contributed by atoms with Crippen LogP contribution in [0.1, 0.15) is 25.0 Å². The second-order valence-electron chi connectivity index (χ2n) is 5.36. The predicted octanol–water partition coefficient (Wildman–Crippen LogP) is 4.04. The highest BCUT2D eigenvalue weighted by molar-refractivity contribution is 7.98. The SMILES string of the molecule is CSc1ccccc1NC(=O)NC(C)CC(O)c1ccccc1. The summed E-state index contributed by atoms with van der Waals surface area (Å²) in [4.78, 5) is 13.1. The maximum atomic E-state index is 12.1. The second-order valence-corrected chi connectivity index (χ2v) is 6.21. The molecule has 2 atom stereocenters. The van der Waals surface area contributed by atoms with Crippen molar-refractivity contribution in [3.8, 4) is 0 Å². The molecule has 2 aromatic carbocycles. The molecule has 122 valence electrons. The van der Waals surface area contributed by atoms with Crippen LogP contribution < -0.4 is 10.6 Å². The summed E-state index contributed by atoms with van der Waals surface area (Å²) in [5.41, 5.74) is 1.64. The third-order valence-corrected chi connectivity index (χ3v) is 4.29.